The van der Waals surface area contributed by atoms with Crippen molar-refractivity contribution < 1.29 is 14.3 Å². The van der Waals surface area contributed by atoms with Gasteiger partial charge in [-0.05, 0) is 35.9 Å². The normalized spacial score (nSPS) is 9.90. The topological polar surface area (TPSA) is 86.5 Å². The van der Waals surface area contributed by atoms with Gasteiger partial charge < -0.3 is 9.47 Å². The van der Waals surface area contributed by atoms with Gasteiger partial charge in [-0.1, -0.05) is 0 Å². The monoisotopic (exact) mass is 273 g/mol. The van der Waals surface area contributed by atoms with Crippen LogP contribution in [0.2, 0.25) is 0 Å². The van der Waals surface area contributed by atoms with Crippen LogP contribution in [-0.2, 0) is 6.61 Å². The molecule has 104 valence electrons. The second kappa shape index (κ2) is 6.53. The lowest BCUT2D eigenvalue weighted by Gasteiger charge is -2.12. The molecule has 0 unspecified atom stereocenters. The Bertz CT molecular complexity index is 587. The molecular formula is C14H15N3O3. The van der Waals surface area contributed by atoms with Gasteiger partial charge in [0.05, 0.1) is 12.7 Å². The number of aromatic nitrogens is 1. The molecular weight excluding hydrogens is 258 g/mol. The van der Waals surface area contributed by atoms with Gasteiger partial charge in [0.25, 0.3) is 5.91 Å². The minimum absolute atomic E-state index is 0.320. The summed E-state index contributed by atoms with van der Waals surface area (Å²) in [5.74, 6) is 5.72. The maximum absolute atomic E-state index is 11.7. The predicted molar refractivity (Wildman–Crippen MR) is 73.2 cm³/mol. The molecule has 0 radical (unpaired) electrons. The van der Waals surface area contributed by atoms with E-state index >= 15 is 0 Å². The molecule has 2 rings (SSSR count). The van der Waals surface area contributed by atoms with Crippen molar-refractivity contribution in [3.63, 3.8) is 0 Å². The number of nitrogens with zero attached hydrogens (tertiary/aromatic N) is 1. The van der Waals surface area contributed by atoms with Gasteiger partial charge in [0.15, 0.2) is 0 Å². The van der Waals surface area contributed by atoms with Crippen LogP contribution in [0, 0.1) is 0 Å². The fourth-order valence-corrected chi connectivity index (χ4v) is 1.66. The quantitative estimate of drug-likeness (QED) is 0.487. The Kier molecular flexibility index (Phi) is 4.52. The molecule has 0 aliphatic rings. The zero-order chi connectivity index (χ0) is 14.4. The first-order chi connectivity index (χ1) is 9.74. The summed E-state index contributed by atoms with van der Waals surface area (Å²) < 4.78 is 10.7. The van der Waals surface area contributed by atoms with E-state index in [1.807, 2.05) is 12.1 Å². The van der Waals surface area contributed by atoms with Crippen LogP contribution in [0.5, 0.6) is 11.5 Å². The molecule has 0 saturated heterocycles. The Morgan fingerprint density at radius 3 is 2.70 bits per heavy atom. The summed E-state index contributed by atoms with van der Waals surface area (Å²) >= 11 is 0. The van der Waals surface area contributed by atoms with E-state index in [-0.39, 0.29) is 0 Å². The average molecular weight is 273 g/mol. The molecule has 3 N–H and O–H groups in total. The van der Waals surface area contributed by atoms with Crippen LogP contribution in [-0.4, -0.2) is 18.0 Å². The fourth-order valence-electron chi connectivity index (χ4n) is 1.66. The molecule has 0 aliphatic heterocycles. The fraction of sp³-hybridized carbons (Fsp3) is 0.143. The van der Waals surface area contributed by atoms with Gasteiger partial charge in [0.1, 0.15) is 18.1 Å². The van der Waals surface area contributed by atoms with E-state index in [4.69, 9.17) is 15.3 Å². The summed E-state index contributed by atoms with van der Waals surface area (Å²) in [4.78, 5) is 15.7. The van der Waals surface area contributed by atoms with Crippen LogP contribution in [0.15, 0.2) is 42.7 Å². The van der Waals surface area contributed by atoms with Gasteiger partial charge in [-0.25, -0.2) is 5.84 Å². The maximum Gasteiger partial charge on any atom is 0.269 e. The largest absolute Gasteiger partial charge is 0.497 e. The standard InChI is InChI=1S/C14H15N3O3/c1-19-11-2-3-13(12(8-11)14(18)17-15)20-9-10-4-6-16-7-5-10/h2-8H,9,15H2,1H3,(H,17,18). The van der Waals surface area contributed by atoms with E-state index in [2.05, 4.69) is 10.4 Å². The zero-order valence-electron chi connectivity index (χ0n) is 11.0. The third-order valence-electron chi connectivity index (χ3n) is 2.71. The molecule has 0 bridgehead atoms. The van der Waals surface area contributed by atoms with Crippen LogP contribution in [0.1, 0.15) is 15.9 Å². The van der Waals surface area contributed by atoms with E-state index < -0.39 is 5.91 Å². The van der Waals surface area contributed by atoms with Crippen LogP contribution in [0.4, 0.5) is 0 Å². The Morgan fingerprint density at radius 2 is 2.05 bits per heavy atom. The average Bonchev–Trinajstić information content (AvgIpc) is 2.53. The van der Waals surface area contributed by atoms with Crippen molar-refractivity contribution in [1.82, 2.24) is 10.4 Å². The number of nitrogens with one attached hydrogen (secondary N) is 1. The molecule has 0 atom stereocenters. The molecule has 1 aromatic heterocycles. The zero-order valence-corrected chi connectivity index (χ0v) is 11.0. The van der Waals surface area contributed by atoms with Crippen LogP contribution in [0.3, 0.4) is 0 Å². The number of pyridine rings is 1. The van der Waals surface area contributed by atoms with Gasteiger partial charge in [0, 0.05) is 12.4 Å². The van der Waals surface area contributed by atoms with E-state index in [1.54, 1.807) is 30.6 Å². The lowest BCUT2D eigenvalue weighted by molar-refractivity contribution is 0.0948. The van der Waals surface area contributed by atoms with Crippen LogP contribution < -0.4 is 20.7 Å². The molecule has 6 heteroatoms. The molecule has 20 heavy (non-hydrogen) atoms. The van der Waals surface area contributed by atoms with E-state index in [0.29, 0.717) is 23.7 Å². The summed E-state index contributed by atoms with van der Waals surface area (Å²) in [7, 11) is 1.52. The highest BCUT2D eigenvalue weighted by molar-refractivity contribution is 5.96. The van der Waals surface area contributed by atoms with E-state index in [9.17, 15) is 4.79 Å². The number of rotatable bonds is 5. The summed E-state index contributed by atoms with van der Waals surface area (Å²) in [5, 5.41) is 0. The Balaban J connectivity index is 2.20. The number of ether oxygens (including phenoxy) is 2. The number of nitrogens with two attached hydrogens (primary N) is 1. The summed E-state index contributed by atoms with van der Waals surface area (Å²) in [6.45, 7) is 0.333. The first kappa shape index (κ1) is 13.8. The number of carbonyl (C=O) groups is 1. The highest BCUT2D eigenvalue weighted by Crippen LogP contribution is 2.24. The molecule has 0 saturated carbocycles. The number of hydrazine groups is 1. The Morgan fingerprint density at radius 1 is 1.30 bits per heavy atom. The van der Waals surface area contributed by atoms with Crippen molar-refractivity contribution in [3.8, 4) is 11.5 Å². The van der Waals surface area contributed by atoms with Crippen molar-refractivity contribution in [2.24, 2.45) is 5.84 Å². The van der Waals surface area contributed by atoms with E-state index in [1.165, 1.54) is 7.11 Å². The Labute approximate surface area is 116 Å². The first-order valence-corrected chi connectivity index (χ1v) is 5.95. The second-order valence-corrected chi connectivity index (χ2v) is 3.98. The number of carbonyl (C=O) groups excluding carboxylic acids is 1. The third-order valence-corrected chi connectivity index (χ3v) is 2.71. The summed E-state index contributed by atoms with van der Waals surface area (Å²) in [6.07, 6.45) is 3.36. The minimum Gasteiger partial charge on any atom is -0.497 e. The van der Waals surface area contributed by atoms with Gasteiger partial charge in [-0.15, -0.1) is 0 Å². The van der Waals surface area contributed by atoms with Crippen LogP contribution in [0.25, 0.3) is 0 Å². The molecule has 1 amide bonds. The number of methoxy groups -OCH3 is 1. The number of benzene rings is 1. The molecule has 0 spiro atoms. The van der Waals surface area contributed by atoms with Crippen molar-refractivity contribution in [3.05, 3.63) is 53.9 Å². The molecule has 0 aliphatic carbocycles. The number of nitrogen functional groups attached to an aromatic ring is 1. The van der Waals surface area contributed by atoms with Crippen molar-refractivity contribution in [1.29, 1.82) is 0 Å². The van der Waals surface area contributed by atoms with Gasteiger partial charge >= 0.3 is 0 Å². The van der Waals surface area contributed by atoms with Crippen molar-refractivity contribution in [2.45, 2.75) is 6.61 Å². The molecule has 1 aromatic carbocycles. The number of hydrogen-bond acceptors (Lipinski definition) is 5. The van der Waals surface area contributed by atoms with Crippen molar-refractivity contribution in [2.75, 3.05) is 7.11 Å². The lowest BCUT2D eigenvalue weighted by atomic mass is 10.1. The predicted octanol–water partition coefficient (Wildman–Crippen LogP) is 1.27. The Hall–Kier alpha value is -2.60. The van der Waals surface area contributed by atoms with Gasteiger partial charge in [0.2, 0.25) is 0 Å². The molecule has 2 aromatic rings. The molecule has 0 fully saturated rings. The number of amides is 1. The smallest absolute Gasteiger partial charge is 0.269 e. The first-order valence-electron chi connectivity index (χ1n) is 5.95. The van der Waals surface area contributed by atoms with Gasteiger partial charge in [-0.2, -0.15) is 0 Å². The molecule has 1 heterocycles. The highest BCUT2D eigenvalue weighted by Gasteiger charge is 2.13. The third kappa shape index (κ3) is 3.24. The van der Waals surface area contributed by atoms with Crippen molar-refractivity contribution >= 4 is 5.91 Å². The lowest BCUT2D eigenvalue weighted by Crippen LogP contribution is -2.30. The SMILES string of the molecule is COc1ccc(OCc2ccncc2)c(C(=O)NN)c1. The number of hydrogen-bond donors (Lipinski definition) is 2. The van der Waals surface area contributed by atoms with Crippen LogP contribution >= 0.6 is 0 Å². The highest BCUT2D eigenvalue weighted by atomic mass is 16.5. The summed E-state index contributed by atoms with van der Waals surface area (Å²) in [6, 6.07) is 8.64. The maximum atomic E-state index is 11.7. The second-order valence-electron chi connectivity index (χ2n) is 3.98. The summed E-state index contributed by atoms with van der Waals surface area (Å²) in [5.41, 5.74) is 3.36. The molecule has 6 nitrogen and oxygen atoms in total. The van der Waals surface area contributed by atoms with E-state index in [0.717, 1.165) is 5.56 Å². The minimum atomic E-state index is -0.436. The van der Waals surface area contributed by atoms with Gasteiger partial charge in [-0.3, -0.25) is 15.2 Å².